The first-order chi connectivity index (χ1) is 10.8. The highest BCUT2D eigenvalue weighted by atomic mass is 16.6. The van der Waals surface area contributed by atoms with Gasteiger partial charge in [0, 0.05) is 5.56 Å². The molecule has 0 aliphatic heterocycles. The molecule has 1 unspecified atom stereocenters. The summed E-state index contributed by atoms with van der Waals surface area (Å²) >= 11 is 0. The molecule has 0 aliphatic rings. The summed E-state index contributed by atoms with van der Waals surface area (Å²) in [5.41, 5.74) is 0.690. The topological polar surface area (TPSA) is 61.8 Å². The van der Waals surface area contributed by atoms with E-state index in [9.17, 15) is 9.59 Å². The molecule has 1 aromatic rings. The number of esters is 2. The van der Waals surface area contributed by atoms with E-state index in [4.69, 9.17) is 14.2 Å². The molecule has 0 N–H and O–H groups in total. The average Bonchev–Trinajstić information content (AvgIpc) is 2.52. The number of benzene rings is 1. The van der Waals surface area contributed by atoms with Gasteiger partial charge in [-0.05, 0) is 18.2 Å². The van der Waals surface area contributed by atoms with Gasteiger partial charge in [0.15, 0.2) is 11.5 Å². The molecule has 0 spiro atoms. The van der Waals surface area contributed by atoms with Crippen LogP contribution in [-0.2, 0) is 14.3 Å². The van der Waals surface area contributed by atoms with Crippen LogP contribution in [0.2, 0.25) is 0 Å². The average molecular weight is 336 g/mol. The van der Waals surface area contributed by atoms with Crippen LogP contribution in [0.5, 0.6) is 11.5 Å². The van der Waals surface area contributed by atoms with Crippen LogP contribution in [0.1, 0.15) is 46.8 Å². The molecule has 0 heterocycles. The minimum Gasteiger partial charge on any atom is -0.493 e. The Morgan fingerprint density at radius 2 is 1.62 bits per heavy atom. The van der Waals surface area contributed by atoms with Gasteiger partial charge in [0.1, 0.15) is 6.10 Å². The molecular formula is C19H28O5. The van der Waals surface area contributed by atoms with Gasteiger partial charge < -0.3 is 14.2 Å². The van der Waals surface area contributed by atoms with Gasteiger partial charge in [0.05, 0.1) is 18.9 Å². The summed E-state index contributed by atoms with van der Waals surface area (Å²) < 4.78 is 15.9. The van der Waals surface area contributed by atoms with Crippen molar-refractivity contribution in [3.8, 4) is 11.5 Å². The fraction of sp³-hybridized carbons (Fsp3) is 0.474. The zero-order chi connectivity index (χ0) is 17.6. The van der Waals surface area contributed by atoms with Crippen molar-refractivity contribution in [2.45, 2.75) is 41.2 Å². The number of hydrogen-bond donors (Lipinski definition) is 0. The third-order valence-corrected chi connectivity index (χ3v) is 3.13. The Morgan fingerprint density at radius 3 is 2.08 bits per heavy atom. The number of methoxy groups -OCH3 is 1. The Balaban J connectivity index is 0.00000529. The van der Waals surface area contributed by atoms with Crippen molar-refractivity contribution >= 4 is 11.9 Å². The van der Waals surface area contributed by atoms with Gasteiger partial charge in [0.2, 0.25) is 0 Å². The van der Waals surface area contributed by atoms with Crippen molar-refractivity contribution in [2.75, 3.05) is 7.11 Å². The van der Waals surface area contributed by atoms with Crippen molar-refractivity contribution in [3.05, 3.63) is 36.4 Å². The SMILES string of the molecule is C.C=CC(OC(=O)C(C)C)c1ccc(OC(=O)C(C)C)c(OC)c1. The van der Waals surface area contributed by atoms with E-state index in [1.54, 1.807) is 45.9 Å². The Hall–Kier alpha value is -2.30. The van der Waals surface area contributed by atoms with Crippen LogP contribution in [0.25, 0.3) is 0 Å². The zero-order valence-corrected chi connectivity index (χ0v) is 14.3. The van der Waals surface area contributed by atoms with Gasteiger partial charge in [-0.2, -0.15) is 0 Å². The fourth-order valence-electron chi connectivity index (χ4n) is 1.69. The first-order valence-electron chi connectivity index (χ1n) is 7.52. The third kappa shape index (κ3) is 5.72. The molecule has 0 fully saturated rings. The first kappa shape index (κ1) is 21.7. The Bertz CT molecular complexity index is 575. The molecule has 0 aromatic heterocycles. The predicted octanol–water partition coefficient (Wildman–Crippen LogP) is 4.32. The van der Waals surface area contributed by atoms with Gasteiger partial charge in [0.25, 0.3) is 0 Å². The molecule has 5 heteroatoms. The highest BCUT2D eigenvalue weighted by molar-refractivity contribution is 5.75. The molecular weight excluding hydrogens is 308 g/mol. The lowest BCUT2D eigenvalue weighted by atomic mass is 10.1. The van der Waals surface area contributed by atoms with Crippen LogP contribution in [0.3, 0.4) is 0 Å². The van der Waals surface area contributed by atoms with Crippen LogP contribution >= 0.6 is 0 Å². The van der Waals surface area contributed by atoms with E-state index < -0.39 is 6.10 Å². The zero-order valence-electron chi connectivity index (χ0n) is 14.3. The molecule has 0 amide bonds. The summed E-state index contributed by atoms with van der Waals surface area (Å²) in [6.45, 7) is 10.7. The van der Waals surface area contributed by atoms with E-state index in [0.717, 1.165) is 0 Å². The summed E-state index contributed by atoms with van der Waals surface area (Å²) in [5, 5.41) is 0. The molecule has 1 rings (SSSR count). The monoisotopic (exact) mass is 336 g/mol. The quantitative estimate of drug-likeness (QED) is 0.421. The molecule has 0 bridgehead atoms. The van der Waals surface area contributed by atoms with E-state index in [0.29, 0.717) is 17.1 Å². The highest BCUT2D eigenvalue weighted by Crippen LogP contribution is 2.32. The maximum atomic E-state index is 11.8. The lowest BCUT2D eigenvalue weighted by molar-refractivity contribution is -0.151. The lowest BCUT2D eigenvalue weighted by Gasteiger charge is -2.18. The van der Waals surface area contributed by atoms with Gasteiger partial charge in [-0.1, -0.05) is 47.8 Å². The number of rotatable bonds is 7. The van der Waals surface area contributed by atoms with E-state index in [-0.39, 0.29) is 31.2 Å². The number of hydrogen-bond acceptors (Lipinski definition) is 5. The second-order valence-corrected chi connectivity index (χ2v) is 5.73. The molecule has 0 saturated carbocycles. The van der Waals surface area contributed by atoms with Gasteiger partial charge >= 0.3 is 11.9 Å². The third-order valence-electron chi connectivity index (χ3n) is 3.13. The molecule has 24 heavy (non-hydrogen) atoms. The Labute approximate surface area is 144 Å². The maximum Gasteiger partial charge on any atom is 0.313 e. The minimum atomic E-state index is -0.589. The Morgan fingerprint density at radius 1 is 1.04 bits per heavy atom. The second-order valence-electron chi connectivity index (χ2n) is 5.73. The number of carbonyl (C=O) groups excluding carboxylic acids is 2. The summed E-state index contributed by atoms with van der Waals surface area (Å²) in [6, 6.07) is 5.00. The standard InChI is InChI=1S/C18H24O5.CH4/c1-7-14(22-17(19)11(2)3)13-8-9-15(16(10-13)21-6)23-18(20)12(4)5;/h7-12,14H,1H2,2-6H3;1H4. The van der Waals surface area contributed by atoms with Crippen molar-refractivity contribution < 1.29 is 23.8 Å². The fourth-order valence-corrected chi connectivity index (χ4v) is 1.69. The van der Waals surface area contributed by atoms with Crippen molar-refractivity contribution in [1.82, 2.24) is 0 Å². The molecule has 1 aromatic carbocycles. The summed E-state index contributed by atoms with van der Waals surface area (Å²) in [4.78, 5) is 23.5. The summed E-state index contributed by atoms with van der Waals surface area (Å²) in [6.07, 6.45) is 0.947. The van der Waals surface area contributed by atoms with Crippen LogP contribution in [0, 0.1) is 11.8 Å². The molecule has 0 radical (unpaired) electrons. The summed E-state index contributed by atoms with van der Waals surface area (Å²) in [7, 11) is 1.48. The Kier molecular flexibility index (Phi) is 8.82. The van der Waals surface area contributed by atoms with E-state index in [2.05, 4.69) is 6.58 Å². The predicted molar refractivity (Wildman–Crippen MR) is 94.1 cm³/mol. The molecule has 5 nitrogen and oxygen atoms in total. The minimum absolute atomic E-state index is 0. The lowest BCUT2D eigenvalue weighted by Crippen LogP contribution is -2.16. The molecule has 0 saturated heterocycles. The highest BCUT2D eigenvalue weighted by Gasteiger charge is 2.19. The maximum absolute atomic E-state index is 11.8. The van der Waals surface area contributed by atoms with Crippen LogP contribution in [-0.4, -0.2) is 19.0 Å². The smallest absolute Gasteiger partial charge is 0.313 e. The van der Waals surface area contributed by atoms with E-state index >= 15 is 0 Å². The number of carbonyl (C=O) groups is 2. The van der Waals surface area contributed by atoms with E-state index in [1.807, 2.05) is 0 Å². The molecule has 0 aliphatic carbocycles. The van der Waals surface area contributed by atoms with Crippen molar-refractivity contribution in [3.63, 3.8) is 0 Å². The largest absolute Gasteiger partial charge is 0.493 e. The molecule has 1 atom stereocenters. The summed E-state index contributed by atoms with van der Waals surface area (Å²) in [5.74, 6) is -0.415. The van der Waals surface area contributed by atoms with Gasteiger partial charge in [-0.25, -0.2) is 0 Å². The van der Waals surface area contributed by atoms with Crippen LogP contribution in [0.4, 0.5) is 0 Å². The van der Waals surface area contributed by atoms with Crippen LogP contribution < -0.4 is 9.47 Å². The van der Waals surface area contributed by atoms with Gasteiger partial charge in [-0.15, -0.1) is 0 Å². The van der Waals surface area contributed by atoms with Crippen molar-refractivity contribution in [1.29, 1.82) is 0 Å². The van der Waals surface area contributed by atoms with E-state index in [1.165, 1.54) is 13.2 Å². The van der Waals surface area contributed by atoms with Crippen molar-refractivity contribution in [2.24, 2.45) is 11.8 Å². The second kappa shape index (κ2) is 9.75. The van der Waals surface area contributed by atoms with Crippen LogP contribution in [0.15, 0.2) is 30.9 Å². The van der Waals surface area contributed by atoms with Gasteiger partial charge in [-0.3, -0.25) is 9.59 Å². The molecule has 134 valence electrons. The normalized spacial score (nSPS) is 11.5. The number of ether oxygens (including phenoxy) is 3. The first-order valence-corrected chi connectivity index (χ1v) is 7.52.